The third kappa shape index (κ3) is 20.7. The normalized spacial score (nSPS) is 29.3. The van der Waals surface area contributed by atoms with E-state index in [0.29, 0.717) is 57.8 Å². The van der Waals surface area contributed by atoms with Gasteiger partial charge in [-0.05, 0) is 119 Å². The first-order valence-corrected chi connectivity index (χ1v) is 41.1. The first kappa shape index (κ1) is 89.2. The molecule has 630 valence electrons. The van der Waals surface area contributed by atoms with Crippen LogP contribution in [0.15, 0.2) is 18.2 Å². The Labute approximate surface area is 665 Å². The van der Waals surface area contributed by atoms with Crippen LogP contribution in [-0.2, 0) is 79.7 Å². The zero-order valence-corrected chi connectivity index (χ0v) is 68.5. The van der Waals surface area contributed by atoms with Gasteiger partial charge in [0.15, 0.2) is 0 Å². The summed E-state index contributed by atoms with van der Waals surface area (Å²) in [5.41, 5.74) is -2.83. The van der Waals surface area contributed by atoms with Gasteiger partial charge >= 0.3 is 6.18 Å². The second-order valence-corrected chi connectivity index (χ2v) is 34.2. The van der Waals surface area contributed by atoms with Crippen molar-refractivity contribution in [3.63, 3.8) is 0 Å². The Balaban J connectivity index is 1.14. The molecule has 13 amide bonds. The number of hydrogen-bond acceptors (Lipinski definition) is 14. The third-order valence-corrected chi connectivity index (χ3v) is 26.0. The number of aryl methyl sites for hydroxylation is 1. The monoisotopic (exact) mass is 1620 g/mol. The van der Waals surface area contributed by atoms with Crippen LogP contribution in [0.3, 0.4) is 0 Å². The van der Waals surface area contributed by atoms with Crippen molar-refractivity contribution < 1.29 is 89.0 Å². The summed E-state index contributed by atoms with van der Waals surface area (Å²) in [4.78, 5) is 211. The Morgan fingerprint density at radius 1 is 0.646 bits per heavy atom. The van der Waals surface area contributed by atoms with Crippen LogP contribution < -0.4 is 16.0 Å². The molecule has 0 radical (unpaired) electrons. The van der Waals surface area contributed by atoms with Gasteiger partial charge in [-0.1, -0.05) is 110 Å². The van der Waals surface area contributed by atoms with Gasteiger partial charge < -0.3 is 69.7 Å². The van der Waals surface area contributed by atoms with Crippen LogP contribution >= 0.6 is 11.6 Å². The minimum absolute atomic E-state index is 0.0252. The number of rotatable bonds is 13. The molecular formula is C80H119ClF5N13O14. The topological polar surface area (TPSA) is 300 Å². The van der Waals surface area contributed by atoms with Gasteiger partial charge in [-0.25, -0.2) is 8.78 Å². The Hall–Kier alpha value is -7.77. The third-order valence-electron chi connectivity index (χ3n) is 25.7. The van der Waals surface area contributed by atoms with Crippen LogP contribution in [0.2, 0.25) is 5.02 Å². The summed E-state index contributed by atoms with van der Waals surface area (Å²) in [6.45, 7) is 7.64. The van der Waals surface area contributed by atoms with Crippen molar-refractivity contribution in [3.8, 4) is 0 Å². The molecule has 9 rings (SSSR count). The molecule has 3 saturated carbocycles. The van der Waals surface area contributed by atoms with Crippen LogP contribution in [0, 0.1) is 23.7 Å². The number of morpholine rings is 1. The first-order valence-electron chi connectivity index (χ1n) is 40.7. The number of nitrogens with zero attached hydrogens (tertiary/aromatic N) is 10. The SMILES string of the molecule is CC[C@H](C)[C@@H]1NC(=O)[C@H](CC(C)C)N(C)C(=O)C[C@@H](C(=O)N2C3CCC2COC3)N(C)C(=O)[C@H](C2CCCC2)N(C)C(=O)C2(CCCC2)NC(=O)[C@H](CC(=O)N2CCC(F)(F)CC2)N(C)C(=O)[C@H](CCc2ccc(C(F)(F)F)c(Cl)c2)NC(=O)CN(C)C(=O)[C@H](CC2CCCCC2)N(C)C(=O)C2CCN2C(=O)[C@H](C)N(C)C1=O. The molecule has 5 aliphatic heterocycles. The Kier molecular flexibility index (Phi) is 29.9. The molecule has 8 aliphatic rings. The number of carbonyl (C=O) groups excluding carboxylic acids is 13. The Morgan fingerprint density at radius 3 is 1.83 bits per heavy atom. The van der Waals surface area contributed by atoms with Crippen LogP contribution in [-0.4, -0.2) is 292 Å². The van der Waals surface area contributed by atoms with Gasteiger partial charge in [-0.3, -0.25) is 62.3 Å². The van der Waals surface area contributed by atoms with E-state index in [9.17, 15) is 36.3 Å². The van der Waals surface area contributed by atoms with Gasteiger partial charge in [0.1, 0.15) is 59.9 Å². The summed E-state index contributed by atoms with van der Waals surface area (Å²) in [6.07, 6.45) is 0.437. The van der Waals surface area contributed by atoms with Crippen molar-refractivity contribution in [1.82, 2.24) is 64.9 Å². The van der Waals surface area contributed by atoms with Crippen molar-refractivity contribution in [2.75, 3.05) is 88.7 Å². The fraction of sp³-hybridized carbons (Fsp3) is 0.762. The summed E-state index contributed by atoms with van der Waals surface area (Å²) in [5, 5.41) is 7.87. The number of likely N-dealkylation sites (tertiary alicyclic amines) is 1. The maximum absolute atomic E-state index is 16.1. The zero-order valence-electron chi connectivity index (χ0n) is 67.8. The number of amides is 13. The fourth-order valence-electron chi connectivity index (χ4n) is 18.1. The predicted octanol–water partition coefficient (Wildman–Crippen LogP) is 6.43. The van der Waals surface area contributed by atoms with Crippen molar-refractivity contribution in [2.45, 2.75) is 279 Å². The average molecular weight is 1620 g/mol. The summed E-state index contributed by atoms with van der Waals surface area (Å²) in [7, 11) is 9.55. The van der Waals surface area contributed by atoms with E-state index in [-0.39, 0.29) is 75.7 Å². The standard InChI is InChI=1S/C80H119ClF5N13O14/c1-13-48(4)66-75(110)91(7)49(5)70(105)98-36-31-58(98)73(108)94(10)61(41-50-21-15-14-16-22-50)72(107)90(6)44-63(100)87-57(30-26-51-25-29-55(56(81)40-51)80(84,85)86)71(106)93(9)60(42-65(102)97-37-34-79(82,83)35-38-97)69(104)89-78(32-19-20-33-78)77(112)96(12)67(52-23-17-18-24-52)76(111)95(11)62(74(109)99-53-27-28-54(99)46-113-45-53)43-64(101)92(8)59(39-47(2)3)68(103)88-66/h25,29,40,47-50,52-54,57-62,66-67H,13-24,26-28,30-39,41-46H2,1-12H3,(H,87,100)(H,88,103)(H,89,104)/t48-,49-,53?,54?,57-,58?,59-,60-,61-,62-,66-,67-/m0/s1. The number of piperidine rings is 1. The fourth-order valence-corrected chi connectivity index (χ4v) is 18.4. The highest BCUT2D eigenvalue weighted by atomic mass is 35.5. The Morgan fingerprint density at radius 2 is 1.26 bits per heavy atom. The van der Waals surface area contributed by atoms with E-state index in [1.807, 2.05) is 20.8 Å². The van der Waals surface area contributed by atoms with Crippen LogP contribution in [0.5, 0.6) is 0 Å². The summed E-state index contributed by atoms with van der Waals surface area (Å²) >= 11 is 6.20. The molecule has 3 N–H and O–H groups in total. The maximum atomic E-state index is 16.1. The van der Waals surface area contributed by atoms with E-state index < -0.39 is 235 Å². The lowest BCUT2D eigenvalue weighted by molar-refractivity contribution is -0.160. The predicted molar refractivity (Wildman–Crippen MR) is 407 cm³/mol. The number of halogens is 6. The van der Waals surface area contributed by atoms with E-state index in [2.05, 4.69) is 16.0 Å². The molecule has 2 bridgehead atoms. The minimum atomic E-state index is -4.84. The van der Waals surface area contributed by atoms with Crippen LogP contribution in [0.1, 0.15) is 200 Å². The van der Waals surface area contributed by atoms with Crippen molar-refractivity contribution in [2.24, 2.45) is 23.7 Å². The molecule has 1 aromatic rings. The highest BCUT2D eigenvalue weighted by Crippen LogP contribution is 2.40. The molecule has 3 unspecified atom stereocenters. The van der Waals surface area contributed by atoms with E-state index in [0.717, 1.165) is 72.1 Å². The number of likely N-dealkylation sites (N-methyl/N-ethyl adjacent to an activating group) is 7. The van der Waals surface area contributed by atoms with Gasteiger partial charge in [0.25, 0.3) is 5.92 Å². The molecule has 8 fully saturated rings. The number of hydrogen-bond donors (Lipinski definition) is 3. The summed E-state index contributed by atoms with van der Waals surface area (Å²) in [5.74, 6) is -14.4. The molecule has 0 aromatic heterocycles. The molecular weight excluding hydrogens is 1500 g/mol. The highest BCUT2D eigenvalue weighted by Gasteiger charge is 2.54. The molecule has 5 heterocycles. The number of ether oxygens (including phenoxy) is 1. The number of benzene rings is 1. The quantitative estimate of drug-likeness (QED) is 0.180. The summed E-state index contributed by atoms with van der Waals surface area (Å²) < 4.78 is 77.6. The van der Waals surface area contributed by atoms with Gasteiger partial charge in [0, 0.05) is 81.8 Å². The van der Waals surface area contributed by atoms with E-state index in [1.165, 1.54) is 78.6 Å². The molecule has 27 nitrogen and oxygen atoms in total. The van der Waals surface area contributed by atoms with E-state index in [4.69, 9.17) is 16.3 Å². The highest BCUT2D eigenvalue weighted by molar-refractivity contribution is 6.31. The van der Waals surface area contributed by atoms with Crippen molar-refractivity contribution in [1.29, 1.82) is 0 Å². The van der Waals surface area contributed by atoms with E-state index >= 15 is 47.9 Å². The second kappa shape index (κ2) is 37.9. The molecule has 33 heteroatoms. The first-order chi connectivity index (χ1) is 53.2. The van der Waals surface area contributed by atoms with Crippen molar-refractivity contribution >= 4 is 88.4 Å². The summed E-state index contributed by atoms with van der Waals surface area (Å²) in [6, 6.07) is -10.4. The molecule has 5 saturated heterocycles. The van der Waals surface area contributed by atoms with Gasteiger partial charge in [-0.15, -0.1) is 0 Å². The number of alkyl halides is 5. The lowest BCUT2D eigenvalue weighted by Gasteiger charge is -2.45. The molecule has 1 spiro atoms. The second-order valence-electron chi connectivity index (χ2n) is 33.8. The zero-order chi connectivity index (χ0) is 83.0. The van der Waals surface area contributed by atoms with Crippen LogP contribution in [0.4, 0.5) is 22.0 Å². The smallest absolute Gasteiger partial charge is 0.377 e. The number of nitrogens with one attached hydrogen (secondary N) is 3. The largest absolute Gasteiger partial charge is 0.417 e. The van der Waals surface area contributed by atoms with Crippen molar-refractivity contribution in [3.05, 3.63) is 34.3 Å². The molecule has 1 aromatic carbocycles. The Bertz CT molecular complexity index is 3640. The molecule has 113 heavy (non-hydrogen) atoms. The van der Waals surface area contributed by atoms with Crippen LogP contribution in [0.25, 0.3) is 0 Å². The minimum Gasteiger partial charge on any atom is -0.377 e. The lowest BCUT2D eigenvalue weighted by atomic mass is 9.84. The lowest BCUT2D eigenvalue weighted by Crippen LogP contribution is -2.66. The van der Waals surface area contributed by atoms with Gasteiger partial charge in [0.2, 0.25) is 76.8 Å². The number of carbonyl (C=O) groups is 13. The maximum Gasteiger partial charge on any atom is 0.417 e. The average Bonchev–Trinajstić information content (AvgIpc) is 1.74. The molecule has 3 aliphatic carbocycles. The number of fused-ring (bicyclic) bond motifs is 3. The van der Waals surface area contributed by atoms with Gasteiger partial charge in [-0.2, -0.15) is 13.2 Å². The molecule has 12 atom stereocenters. The van der Waals surface area contributed by atoms with E-state index in [1.54, 1.807) is 11.8 Å². The van der Waals surface area contributed by atoms with Gasteiger partial charge in [0.05, 0.1) is 55.3 Å².